The number of carbonyl (C=O) groups excluding carboxylic acids is 1. The number of hydrogen-bond acceptors (Lipinski definition) is 5. The van der Waals surface area contributed by atoms with Crippen LogP contribution in [0.3, 0.4) is 0 Å². The number of rotatable bonds is 1. The summed E-state index contributed by atoms with van der Waals surface area (Å²) < 4.78 is 0. The van der Waals surface area contributed by atoms with Crippen LogP contribution in [0, 0.1) is 0 Å². The van der Waals surface area contributed by atoms with Gasteiger partial charge in [-0.15, -0.1) is 10.2 Å². The first kappa shape index (κ1) is 10.2. The van der Waals surface area contributed by atoms with E-state index < -0.39 is 0 Å². The molecule has 0 bridgehead atoms. The van der Waals surface area contributed by atoms with Crippen LogP contribution in [0.25, 0.3) is 0 Å². The summed E-state index contributed by atoms with van der Waals surface area (Å²) in [6.07, 6.45) is 0. The summed E-state index contributed by atoms with van der Waals surface area (Å²) in [4.78, 5) is 13.9. The average Bonchev–Trinajstić information content (AvgIpc) is 2.93. The summed E-state index contributed by atoms with van der Waals surface area (Å²) in [7, 11) is 0. The Balaban J connectivity index is 1.83. The highest BCUT2D eigenvalue weighted by Crippen LogP contribution is 2.24. The van der Waals surface area contributed by atoms with Crippen LogP contribution in [0.1, 0.15) is 20.9 Å². The molecular weight excluding hydrogens is 236 g/mol. The fourth-order valence-electron chi connectivity index (χ4n) is 1.93. The number of carbonyl (C=O) groups is 1. The number of nitrogen functional groups attached to an aromatic ring is 1. The SMILES string of the molecule is Nc1nnc(C(=O)N2Cc3ccccc3C2)s1. The molecule has 1 amide bonds. The lowest BCUT2D eigenvalue weighted by molar-refractivity contribution is 0.0750. The Kier molecular flexibility index (Phi) is 2.29. The van der Waals surface area contributed by atoms with Crippen molar-refractivity contribution in [3.05, 3.63) is 40.4 Å². The minimum Gasteiger partial charge on any atom is -0.374 e. The highest BCUT2D eigenvalue weighted by molar-refractivity contribution is 7.16. The van der Waals surface area contributed by atoms with Crippen molar-refractivity contribution in [1.29, 1.82) is 0 Å². The number of nitrogens with zero attached hydrogens (tertiary/aromatic N) is 3. The second-order valence-corrected chi connectivity index (χ2v) is 4.88. The van der Waals surface area contributed by atoms with Crippen LogP contribution in [0.2, 0.25) is 0 Å². The minimum atomic E-state index is -0.101. The molecule has 3 rings (SSSR count). The average molecular weight is 246 g/mol. The first-order valence-corrected chi connectivity index (χ1v) is 6.01. The molecule has 0 unspecified atom stereocenters. The van der Waals surface area contributed by atoms with E-state index in [9.17, 15) is 4.79 Å². The van der Waals surface area contributed by atoms with Gasteiger partial charge in [0.15, 0.2) is 0 Å². The third kappa shape index (κ3) is 1.76. The van der Waals surface area contributed by atoms with Crippen LogP contribution in [0.4, 0.5) is 5.13 Å². The van der Waals surface area contributed by atoms with Gasteiger partial charge in [0.05, 0.1) is 0 Å². The predicted octanol–water partition coefficient (Wildman–Crippen LogP) is 1.28. The van der Waals surface area contributed by atoms with E-state index in [1.165, 1.54) is 11.1 Å². The van der Waals surface area contributed by atoms with Gasteiger partial charge in [-0.05, 0) is 11.1 Å². The van der Waals surface area contributed by atoms with Gasteiger partial charge in [0.1, 0.15) is 0 Å². The molecule has 0 fully saturated rings. The van der Waals surface area contributed by atoms with Crippen molar-refractivity contribution in [1.82, 2.24) is 15.1 Å². The summed E-state index contributed by atoms with van der Waals surface area (Å²) in [6.45, 7) is 1.27. The summed E-state index contributed by atoms with van der Waals surface area (Å²) in [5, 5.41) is 8.11. The third-order valence-corrected chi connectivity index (χ3v) is 3.49. The lowest BCUT2D eigenvalue weighted by Crippen LogP contribution is -2.25. The fourth-order valence-corrected chi connectivity index (χ4v) is 2.51. The number of amides is 1. The van der Waals surface area contributed by atoms with Crippen LogP contribution in [0.5, 0.6) is 0 Å². The highest BCUT2D eigenvalue weighted by Gasteiger charge is 2.26. The smallest absolute Gasteiger partial charge is 0.285 e. The molecule has 2 N–H and O–H groups in total. The molecule has 0 saturated carbocycles. The number of hydrogen-bond donors (Lipinski definition) is 1. The molecule has 2 heterocycles. The number of benzene rings is 1. The molecule has 1 aliphatic heterocycles. The van der Waals surface area contributed by atoms with E-state index in [1.807, 2.05) is 24.3 Å². The van der Waals surface area contributed by atoms with Crippen molar-refractivity contribution >= 4 is 22.4 Å². The summed E-state index contributed by atoms with van der Waals surface area (Å²) >= 11 is 1.13. The monoisotopic (exact) mass is 246 g/mol. The maximum absolute atomic E-state index is 12.1. The molecule has 0 saturated heterocycles. The zero-order valence-electron chi connectivity index (χ0n) is 8.96. The molecule has 0 radical (unpaired) electrons. The normalized spacial score (nSPS) is 13.8. The first-order valence-electron chi connectivity index (χ1n) is 5.19. The summed E-state index contributed by atoms with van der Waals surface area (Å²) in [5.41, 5.74) is 7.86. The lowest BCUT2D eigenvalue weighted by Gasteiger charge is -2.12. The molecule has 1 aromatic heterocycles. The molecule has 86 valence electrons. The van der Waals surface area contributed by atoms with E-state index in [-0.39, 0.29) is 5.91 Å². The minimum absolute atomic E-state index is 0.101. The Morgan fingerprint density at radius 2 is 1.88 bits per heavy atom. The molecule has 0 aliphatic carbocycles. The van der Waals surface area contributed by atoms with E-state index in [2.05, 4.69) is 10.2 Å². The van der Waals surface area contributed by atoms with Crippen LogP contribution < -0.4 is 5.73 Å². The van der Waals surface area contributed by atoms with Crippen LogP contribution in [0.15, 0.2) is 24.3 Å². The molecule has 6 heteroatoms. The van der Waals surface area contributed by atoms with E-state index in [1.54, 1.807) is 4.90 Å². The number of nitrogens with two attached hydrogens (primary N) is 1. The Labute approximate surface area is 102 Å². The molecule has 0 atom stereocenters. The van der Waals surface area contributed by atoms with Gasteiger partial charge in [-0.25, -0.2) is 0 Å². The van der Waals surface area contributed by atoms with Crippen LogP contribution >= 0.6 is 11.3 Å². The third-order valence-electron chi connectivity index (χ3n) is 2.75. The summed E-state index contributed by atoms with van der Waals surface area (Å²) in [6, 6.07) is 8.04. The number of aromatic nitrogens is 2. The van der Waals surface area contributed by atoms with Crippen LogP contribution in [-0.2, 0) is 13.1 Å². The zero-order valence-corrected chi connectivity index (χ0v) is 9.78. The largest absolute Gasteiger partial charge is 0.374 e. The van der Waals surface area contributed by atoms with Crippen molar-refractivity contribution < 1.29 is 4.79 Å². The Morgan fingerprint density at radius 3 is 2.41 bits per heavy atom. The second kappa shape index (κ2) is 3.81. The van der Waals surface area contributed by atoms with Gasteiger partial charge in [-0.3, -0.25) is 4.79 Å². The maximum Gasteiger partial charge on any atom is 0.285 e. The first-order chi connectivity index (χ1) is 8.24. The predicted molar refractivity (Wildman–Crippen MR) is 64.3 cm³/mol. The van der Waals surface area contributed by atoms with Crippen LogP contribution in [-0.4, -0.2) is 21.0 Å². The molecule has 0 spiro atoms. The second-order valence-electron chi connectivity index (χ2n) is 3.88. The Hall–Kier alpha value is -1.95. The molecule has 1 aliphatic rings. The van der Waals surface area contributed by atoms with Gasteiger partial charge in [-0.2, -0.15) is 0 Å². The highest BCUT2D eigenvalue weighted by atomic mass is 32.1. The Morgan fingerprint density at radius 1 is 1.24 bits per heavy atom. The van der Waals surface area contributed by atoms with E-state index in [0.717, 1.165) is 11.3 Å². The van der Waals surface area contributed by atoms with Gasteiger partial charge >= 0.3 is 0 Å². The summed E-state index contributed by atoms with van der Waals surface area (Å²) in [5.74, 6) is -0.101. The van der Waals surface area contributed by atoms with Crippen molar-refractivity contribution in [2.24, 2.45) is 0 Å². The number of anilines is 1. The lowest BCUT2D eigenvalue weighted by atomic mass is 10.1. The van der Waals surface area contributed by atoms with Gasteiger partial charge in [0, 0.05) is 13.1 Å². The fraction of sp³-hybridized carbons (Fsp3) is 0.182. The zero-order chi connectivity index (χ0) is 11.8. The van der Waals surface area contributed by atoms with E-state index in [0.29, 0.717) is 23.2 Å². The van der Waals surface area contributed by atoms with Crippen molar-refractivity contribution in [2.75, 3.05) is 5.73 Å². The molecule has 2 aromatic rings. The molecule has 5 nitrogen and oxygen atoms in total. The molecule has 17 heavy (non-hydrogen) atoms. The molecule has 1 aromatic carbocycles. The van der Waals surface area contributed by atoms with Gasteiger partial charge in [-0.1, -0.05) is 35.6 Å². The maximum atomic E-state index is 12.1. The van der Waals surface area contributed by atoms with Crippen molar-refractivity contribution in [3.63, 3.8) is 0 Å². The van der Waals surface area contributed by atoms with Crippen molar-refractivity contribution in [2.45, 2.75) is 13.1 Å². The Bertz CT molecular complexity index is 555. The molecular formula is C11H10N4OS. The van der Waals surface area contributed by atoms with Gasteiger partial charge in [0.2, 0.25) is 10.1 Å². The number of fused-ring (bicyclic) bond motifs is 1. The quantitative estimate of drug-likeness (QED) is 0.822. The topological polar surface area (TPSA) is 72.1 Å². The van der Waals surface area contributed by atoms with Gasteiger partial charge in [0.25, 0.3) is 5.91 Å². The van der Waals surface area contributed by atoms with Gasteiger partial charge < -0.3 is 10.6 Å². The van der Waals surface area contributed by atoms with E-state index >= 15 is 0 Å². The van der Waals surface area contributed by atoms with E-state index in [4.69, 9.17) is 5.73 Å². The van der Waals surface area contributed by atoms with Crippen molar-refractivity contribution in [3.8, 4) is 0 Å². The standard InChI is InChI=1S/C11H10N4OS/c12-11-14-13-9(17-11)10(16)15-5-7-3-1-2-4-8(7)6-15/h1-4H,5-6H2,(H2,12,14).